The molecule has 0 aliphatic heterocycles. The predicted octanol–water partition coefficient (Wildman–Crippen LogP) is 4.64. The van der Waals surface area contributed by atoms with Gasteiger partial charge < -0.3 is 5.32 Å². The van der Waals surface area contributed by atoms with Crippen LogP contribution >= 0.6 is 0 Å². The van der Waals surface area contributed by atoms with Crippen LogP contribution in [0.15, 0.2) is 96.1 Å². The van der Waals surface area contributed by atoms with Crippen LogP contribution < -0.4 is 10.7 Å². The van der Waals surface area contributed by atoms with Crippen LogP contribution in [0.3, 0.4) is 0 Å². The van der Waals surface area contributed by atoms with Crippen LogP contribution in [0.4, 0.5) is 5.69 Å². The Labute approximate surface area is 165 Å². The molecule has 1 amide bonds. The molecule has 3 aromatic rings. The second-order valence-corrected chi connectivity index (χ2v) is 6.31. The van der Waals surface area contributed by atoms with Crippen molar-refractivity contribution in [2.75, 3.05) is 11.9 Å². The molecule has 0 fully saturated rings. The molecule has 0 atom stereocenters. The second-order valence-electron chi connectivity index (χ2n) is 6.31. The molecule has 3 aromatic carbocycles. The Hall–Kier alpha value is -3.66. The SMILES string of the molecule is Cc1ccccc1NCC(=O)N/N=C(/C=C\c1ccccc1)c1ccccc1. The number of para-hydroxylation sites is 1. The van der Waals surface area contributed by atoms with Crippen LogP contribution in [-0.4, -0.2) is 18.2 Å². The summed E-state index contributed by atoms with van der Waals surface area (Å²) in [5, 5.41) is 7.47. The third-order valence-electron chi connectivity index (χ3n) is 4.19. The van der Waals surface area contributed by atoms with Crippen LogP contribution in [0.5, 0.6) is 0 Å². The van der Waals surface area contributed by atoms with Crippen molar-refractivity contribution in [1.29, 1.82) is 0 Å². The molecule has 0 saturated carbocycles. The zero-order chi connectivity index (χ0) is 19.6. The average molecular weight is 369 g/mol. The Morgan fingerprint density at radius 3 is 2.25 bits per heavy atom. The van der Waals surface area contributed by atoms with Gasteiger partial charge in [-0.05, 0) is 30.2 Å². The highest BCUT2D eigenvalue weighted by Crippen LogP contribution is 2.12. The fraction of sp³-hybridized carbons (Fsp3) is 0.0833. The molecular weight excluding hydrogens is 346 g/mol. The number of nitrogens with zero attached hydrogens (tertiary/aromatic N) is 1. The molecule has 140 valence electrons. The Morgan fingerprint density at radius 2 is 1.54 bits per heavy atom. The summed E-state index contributed by atoms with van der Waals surface area (Å²) in [7, 11) is 0. The van der Waals surface area contributed by atoms with E-state index >= 15 is 0 Å². The highest BCUT2D eigenvalue weighted by Gasteiger charge is 2.04. The van der Waals surface area contributed by atoms with E-state index in [4.69, 9.17) is 0 Å². The summed E-state index contributed by atoms with van der Waals surface area (Å²) >= 11 is 0. The van der Waals surface area contributed by atoms with Gasteiger partial charge in [0.15, 0.2) is 0 Å². The molecule has 0 aromatic heterocycles. The number of allylic oxidation sites excluding steroid dienone is 1. The molecule has 0 spiro atoms. The van der Waals surface area contributed by atoms with Crippen molar-refractivity contribution in [2.45, 2.75) is 6.92 Å². The van der Waals surface area contributed by atoms with Gasteiger partial charge in [0.1, 0.15) is 0 Å². The summed E-state index contributed by atoms with van der Waals surface area (Å²) in [6.45, 7) is 2.15. The van der Waals surface area contributed by atoms with E-state index in [2.05, 4.69) is 15.8 Å². The minimum atomic E-state index is -0.204. The topological polar surface area (TPSA) is 53.5 Å². The first kappa shape index (κ1) is 19.1. The Morgan fingerprint density at radius 1 is 0.893 bits per heavy atom. The minimum Gasteiger partial charge on any atom is -0.376 e. The van der Waals surface area contributed by atoms with E-state index in [1.807, 2.05) is 104 Å². The number of benzene rings is 3. The van der Waals surface area contributed by atoms with Crippen molar-refractivity contribution in [3.8, 4) is 0 Å². The molecule has 0 heterocycles. The molecule has 4 nitrogen and oxygen atoms in total. The van der Waals surface area contributed by atoms with Gasteiger partial charge in [0.25, 0.3) is 5.91 Å². The number of amides is 1. The predicted molar refractivity (Wildman–Crippen MR) is 116 cm³/mol. The zero-order valence-electron chi connectivity index (χ0n) is 15.8. The van der Waals surface area contributed by atoms with Crippen LogP contribution in [0.1, 0.15) is 16.7 Å². The van der Waals surface area contributed by atoms with E-state index in [9.17, 15) is 4.79 Å². The first-order chi connectivity index (χ1) is 13.7. The van der Waals surface area contributed by atoms with E-state index in [1.165, 1.54) is 0 Å². The number of anilines is 1. The number of hydrazone groups is 1. The molecule has 0 saturated heterocycles. The minimum absolute atomic E-state index is 0.152. The summed E-state index contributed by atoms with van der Waals surface area (Å²) < 4.78 is 0. The molecule has 3 rings (SSSR count). The van der Waals surface area contributed by atoms with Gasteiger partial charge in [-0.1, -0.05) is 84.9 Å². The zero-order valence-corrected chi connectivity index (χ0v) is 15.8. The lowest BCUT2D eigenvalue weighted by atomic mass is 10.1. The number of carbonyl (C=O) groups excluding carboxylic acids is 1. The van der Waals surface area contributed by atoms with Crippen molar-refractivity contribution in [2.24, 2.45) is 5.10 Å². The largest absolute Gasteiger partial charge is 0.376 e. The first-order valence-corrected chi connectivity index (χ1v) is 9.17. The molecule has 28 heavy (non-hydrogen) atoms. The van der Waals surface area contributed by atoms with Gasteiger partial charge in [-0.15, -0.1) is 0 Å². The molecule has 0 bridgehead atoms. The maximum Gasteiger partial charge on any atom is 0.259 e. The molecule has 4 heteroatoms. The molecule has 2 N–H and O–H groups in total. The Bertz CT molecular complexity index is 963. The second kappa shape index (κ2) is 9.88. The van der Waals surface area contributed by atoms with Crippen LogP contribution in [0.2, 0.25) is 0 Å². The lowest BCUT2D eigenvalue weighted by molar-refractivity contribution is -0.119. The third kappa shape index (κ3) is 5.68. The van der Waals surface area contributed by atoms with Crippen molar-refractivity contribution in [1.82, 2.24) is 5.43 Å². The van der Waals surface area contributed by atoms with Crippen LogP contribution in [0, 0.1) is 6.92 Å². The third-order valence-corrected chi connectivity index (χ3v) is 4.19. The van der Waals surface area contributed by atoms with E-state index in [0.717, 1.165) is 22.4 Å². The molecule has 0 unspecified atom stereocenters. The summed E-state index contributed by atoms with van der Waals surface area (Å²) in [5.74, 6) is -0.204. The van der Waals surface area contributed by atoms with E-state index < -0.39 is 0 Å². The van der Waals surface area contributed by atoms with Crippen molar-refractivity contribution in [3.05, 3.63) is 108 Å². The fourth-order valence-electron chi connectivity index (χ4n) is 2.66. The van der Waals surface area contributed by atoms with E-state index in [0.29, 0.717) is 5.71 Å². The summed E-state index contributed by atoms with van der Waals surface area (Å²) in [6.07, 6.45) is 3.88. The summed E-state index contributed by atoms with van der Waals surface area (Å²) in [5.41, 5.74) is 7.36. The normalized spacial score (nSPS) is 11.4. The highest BCUT2D eigenvalue weighted by atomic mass is 16.2. The van der Waals surface area contributed by atoms with E-state index in [-0.39, 0.29) is 12.5 Å². The Balaban J connectivity index is 1.69. The van der Waals surface area contributed by atoms with Crippen molar-refractivity contribution < 1.29 is 4.79 Å². The van der Waals surface area contributed by atoms with Crippen LogP contribution in [0.25, 0.3) is 6.08 Å². The number of aryl methyl sites for hydroxylation is 1. The number of nitrogens with one attached hydrogen (secondary N) is 2. The van der Waals surface area contributed by atoms with Gasteiger partial charge in [-0.3, -0.25) is 4.79 Å². The van der Waals surface area contributed by atoms with Gasteiger partial charge in [0.05, 0.1) is 12.3 Å². The number of carbonyl (C=O) groups is 1. The monoisotopic (exact) mass is 369 g/mol. The average Bonchev–Trinajstić information content (AvgIpc) is 2.74. The van der Waals surface area contributed by atoms with Crippen molar-refractivity contribution in [3.63, 3.8) is 0 Å². The molecule has 0 aliphatic carbocycles. The van der Waals surface area contributed by atoms with Crippen LogP contribution in [-0.2, 0) is 4.79 Å². The number of hydrogen-bond acceptors (Lipinski definition) is 3. The highest BCUT2D eigenvalue weighted by molar-refractivity contribution is 6.11. The standard InChI is InChI=1S/C24H23N3O/c1-19-10-8-9-15-22(19)25-18-24(28)27-26-23(21-13-6-3-7-14-21)17-16-20-11-4-2-5-12-20/h2-17,25H,18H2,1H3,(H,27,28)/b17-16-,26-23-. The summed E-state index contributed by atoms with van der Waals surface area (Å²) in [4.78, 5) is 12.2. The first-order valence-electron chi connectivity index (χ1n) is 9.17. The van der Waals surface area contributed by atoms with E-state index in [1.54, 1.807) is 0 Å². The van der Waals surface area contributed by atoms with Crippen molar-refractivity contribution >= 4 is 23.4 Å². The lowest BCUT2D eigenvalue weighted by Gasteiger charge is -2.08. The molecule has 0 radical (unpaired) electrons. The summed E-state index contributed by atoms with van der Waals surface area (Å²) in [6, 6.07) is 27.6. The van der Waals surface area contributed by atoms with Gasteiger partial charge in [0.2, 0.25) is 0 Å². The van der Waals surface area contributed by atoms with Gasteiger partial charge in [-0.25, -0.2) is 5.43 Å². The maximum absolute atomic E-state index is 12.2. The Kier molecular flexibility index (Phi) is 6.74. The van der Waals surface area contributed by atoms with Gasteiger partial charge >= 0.3 is 0 Å². The van der Waals surface area contributed by atoms with Gasteiger partial charge in [-0.2, -0.15) is 5.10 Å². The number of rotatable bonds is 7. The smallest absolute Gasteiger partial charge is 0.259 e. The maximum atomic E-state index is 12.2. The molecule has 0 aliphatic rings. The number of hydrogen-bond donors (Lipinski definition) is 2. The quantitative estimate of drug-likeness (QED) is 0.471. The fourth-order valence-corrected chi connectivity index (χ4v) is 2.66. The van der Waals surface area contributed by atoms with Gasteiger partial charge in [0, 0.05) is 11.3 Å². The lowest BCUT2D eigenvalue weighted by Crippen LogP contribution is -2.27. The molecular formula is C24H23N3O.